The van der Waals surface area contributed by atoms with E-state index in [0.29, 0.717) is 0 Å². The minimum atomic E-state index is 0.243. The molecule has 2 rings (SSSR count). The minimum absolute atomic E-state index is 0.243. The third-order valence-corrected chi connectivity index (χ3v) is 3.24. The number of nitrogens with zero attached hydrogens (tertiary/aromatic N) is 2. The van der Waals surface area contributed by atoms with Gasteiger partial charge < -0.3 is 10.1 Å². The third-order valence-electron chi connectivity index (χ3n) is 3.24. The molecule has 0 aromatic carbocycles. The van der Waals surface area contributed by atoms with Gasteiger partial charge in [0.05, 0.1) is 12.3 Å². The van der Waals surface area contributed by atoms with Crippen molar-refractivity contribution in [2.75, 3.05) is 20.3 Å². The smallest absolute Gasteiger partial charge is 0.134 e. The number of nitrogens with one attached hydrogen (secondary N) is 1. The lowest BCUT2D eigenvalue weighted by atomic mass is 10.1. The number of aromatic nitrogens is 2. The number of hydrogen-bond acceptors (Lipinski definition) is 4. The molecule has 0 radical (unpaired) electrons. The molecule has 0 amide bonds. The molecule has 1 aromatic heterocycles. The van der Waals surface area contributed by atoms with Crippen molar-refractivity contribution in [3.05, 3.63) is 23.3 Å². The van der Waals surface area contributed by atoms with Crippen molar-refractivity contribution in [3.8, 4) is 0 Å². The van der Waals surface area contributed by atoms with E-state index in [2.05, 4.69) is 28.3 Å². The number of aryl methyl sites for hydroxylation is 1. The summed E-state index contributed by atoms with van der Waals surface area (Å²) in [5.74, 6) is 1.01. The first-order valence-corrected chi connectivity index (χ1v) is 6.19. The van der Waals surface area contributed by atoms with Crippen LogP contribution in [0.4, 0.5) is 0 Å². The second kappa shape index (κ2) is 5.10. The van der Waals surface area contributed by atoms with Crippen molar-refractivity contribution in [3.63, 3.8) is 0 Å². The van der Waals surface area contributed by atoms with Crippen LogP contribution in [0.2, 0.25) is 0 Å². The largest absolute Gasteiger partial charge is 0.383 e. The zero-order valence-electron chi connectivity index (χ0n) is 10.9. The molecule has 17 heavy (non-hydrogen) atoms. The Morgan fingerprint density at radius 2 is 2.18 bits per heavy atom. The van der Waals surface area contributed by atoms with E-state index >= 15 is 0 Å². The Hall–Kier alpha value is -1.00. The Morgan fingerprint density at radius 1 is 1.41 bits per heavy atom. The lowest BCUT2D eigenvalue weighted by molar-refractivity contribution is 0.199. The average Bonchev–Trinajstić information content (AvgIpc) is 3.04. The lowest BCUT2D eigenvalue weighted by Gasteiger charge is -2.10. The van der Waals surface area contributed by atoms with E-state index in [-0.39, 0.29) is 5.41 Å². The third kappa shape index (κ3) is 3.23. The van der Waals surface area contributed by atoms with Crippen LogP contribution in [0.25, 0.3) is 0 Å². The van der Waals surface area contributed by atoms with Crippen LogP contribution in [0.1, 0.15) is 37.0 Å². The summed E-state index contributed by atoms with van der Waals surface area (Å²) in [6.45, 7) is 6.65. The first-order valence-electron chi connectivity index (χ1n) is 6.19. The van der Waals surface area contributed by atoms with E-state index in [1.165, 1.54) is 12.8 Å². The topological polar surface area (TPSA) is 47.0 Å². The molecule has 94 valence electrons. The molecule has 1 heterocycles. The van der Waals surface area contributed by atoms with Gasteiger partial charge in [-0.15, -0.1) is 0 Å². The standard InChI is InChI=1S/C13H21N3O/c1-10-8-11(9-14-6-7-17-3)16-12(15-10)13(2)4-5-13/h8,14H,4-7,9H2,1-3H3. The number of hydrogen-bond donors (Lipinski definition) is 1. The van der Waals surface area contributed by atoms with Gasteiger partial charge in [0.2, 0.25) is 0 Å². The Balaban J connectivity index is 1.99. The van der Waals surface area contributed by atoms with Gasteiger partial charge >= 0.3 is 0 Å². The highest BCUT2D eigenvalue weighted by atomic mass is 16.5. The van der Waals surface area contributed by atoms with Gasteiger partial charge in [0.25, 0.3) is 0 Å². The van der Waals surface area contributed by atoms with Gasteiger partial charge in [-0.1, -0.05) is 6.92 Å². The van der Waals surface area contributed by atoms with Crippen molar-refractivity contribution < 1.29 is 4.74 Å². The van der Waals surface area contributed by atoms with Crippen molar-refractivity contribution in [2.24, 2.45) is 0 Å². The maximum absolute atomic E-state index is 5.00. The van der Waals surface area contributed by atoms with Crippen molar-refractivity contribution in [1.29, 1.82) is 0 Å². The summed E-state index contributed by atoms with van der Waals surface area (Å²) in [4.78, 5) is 9.20. The monoisotopic (exact) mass is 235 g/mol. The van der Waals surface area contributed by atoms with Crippen molar-refractivity contribution in [2.45, 2.75) is 38.6 Å². The molecule has 4 nitrogen and oxygen atoms in total. The van der Waals surface area contributed by atoms with E-state index in [4.69, 9.17) is 4.74 Å². The van der Waals surface area contributed by atoms with Crippen LogP contribution in [0.15, 0.2) is 6.07 Å². The molecule has 1 N–H and O–H groups in total. The molecule has 1 aromatic rings. The van der Waals surface area contributed by atoms with Crippen LogP contribution < -0.4 is 5.32 Å². The maximum atomic E-state index is 5.00. The highest BCUT2D eigenvalue weighted by molar-refractivity contribution is 5.20. The summed E-state index contributed by atoms with van der Waals surface area (Å²) in [6.07, 6.45) is 2.43. The SMILES string of the molecule is COCCNCc1cc(C)nc(C2(C)CC2)n1. The quantitative estimate of drug-likeness (QED) is 0.760. The van der Waals surface area contributed by atoms with Crippen molar-refractivity contribution >= 4 is 0 Å². The molecule has 1 aliphatic carbocycles. The summed E-state index contributed by atoms with van der Waals surface area (Å²) in [5, 5.41) is 3.31. The number of ether oxygens (including phenoxy) is 1. The van der Waals surface area contributed by atoms with Gasteiger partial charge in [-0.2, -0.15) is 0 Å². The fraction of sp³-hybridized carbons (Fsp3) is 0.692. The fourth-order valence-electron chi connectivity index (χ4n) is 1.80. The molecular weight excluding hydrogens is 214 g/mol. The van der Waals surface area contributed by atoms with Gasteiger partial charge in [-0.05, 0) is 25.8 Å². The van der Waals surface area contributed by atoms with Gasteiger partial charge in [-0.25, -0.2) is 9.97 Å². The van der Waals surface area contributed by atoms with Crippen LogP contribution in [0.5, 0.6) is 0 Å². The fourth-order valence-corrected chi connectivity index (χ4v) is 1.80. The van der Waals surface area contributed by atoms with Crippen LogP contribution in [0.3, 0.4) is 0 Å². The van der Waals surface area contributed by atoms with Gasteiger partial charge in [0, 0.05) is 31.3 Å². The second-order valence-electron chi connectivity index (χ2n) is 5.05. The van der Waals surface area contributed by atoms with Gasteiger partial charge in [-0.3, -0.25) is 0 Å². The zero-order chi connectivity index (χ0) is 12.3. The van der Waals surface area contributed by atoms with E-state index in [0.717, 1.165) is 36.9 Å². The summed E-state index contributed by atoms with van der Waals surface area (Å²) in [7, 11) is 1.71. The summed E-state index contributed by atoms with van der Waals surface area (Å²) in [6, 6.07) is 2.05. The molecule has 4 heteroatoms. The summed E-state index contributed by atoms with van der Waals surface area (Å²) in [5.41, 5.74) is 2.39. The second-order valence-corrected chi connectivity index (χ2v) is 5.05. The normalized spacial score (nSPS) is 17.1. The Kier molecular flexibility index (Phi) is 3.74. The molecule has 0 atom stereocenters. The number of methoxy groups -OCH3 is 1. The molecule has 1 saturated carbocycles. The van der Waals surface area contributed by atoms with E-state index in [1.807, 2.05) is 6.92 Å². The van der Waals surface area contributed by atoms with E-state index in [1.54, 1.807) is 7.11 Å². The molecule has 0 saturated heterocycles. The average molecular weight is 235 g/mol. The zero-order valence-corrected chi connectivity index (χ0v) is 10.9. The molecule has 1 fully saturated rings. The van der Waals surface area contributed by atoms with E-state index in [9.17, 15) is 0 Å². The van der Waals surface area contributed by atoms with Gasteiger partial charge in [0.15, 0.2) is 0 Å². The summed E-state index contributed by atoms with van der Waals surface area (Å²) < 4.78 is 5.00. The van der Waals surface area contributed by atoms with Gasteiger partial charge in [0.1, 0.15) is 5.82 Å². The predicted molar refractivity (Wildman–Crippen MR) is 66.9 cm³/mol. The molecule has 0 aliphatic heterocycles. The predicted octanol–water partition coefficient (Wildman–Crippen LogP) is 1.57. The van der Waals surface area contributed by atoms with Crippen LogP contribution >= 0.6 is 0 Å². The maximum Gasteiger partial charge on any atom is 0.134 e. The molecule has 0 unspecified atom stereocenters. The summed E-state index contributed by atoms with van der Waals surface area (Å²) >= 11 is 0. The molecule has 0 spiro atoms. The Bertz CT molecular complexity index is 388. The molecule has 0 bridgehead atoms. The van der Waals surface area contributed by atoms with Crippen LogP contribution in [-0.4, -0.2) is 30.2 Å². The highest BCUT2D eigenvalue weighted by Crippen LogP contribution is 2.45. The van der Waals surface area contributed by atoms with Crippen LogP contribution in [0, 0.1) is 6.92 Å². The highest BCUT2D eigenvalue weighted by Gasteiger charge is 2.42. The Morgan fingerprint density at radius 3 is 2.82 bits per heavy atom. The minimum Gasteiger partial charge on any atom is -0.383 e. The molecular formula is C13H21N3O. The number of rotatable bonds is 6. The Labute approximate surface area is 103 Å². The first-order chi connectivity index (χ1) is 8.14. The molecule has 1 aliphatic rings. The lowest BCUT2D eigenvalue weighted by Crippen LogP contribution is -2.20. The van der Waals surface area contributed by atoms with Crippen molar-refractivity contribution in [1.82, 2.24) is 15.3 Å². The van der Waals surface area contributed by atoms with Crippen LogP contribution in [-0.2, 0) is 16.7 Å². The van der Waals surface area contributed by atoms with E-state index < -0.39 is 0 Å². The first kappa shape index (κ1) is 12.5.